The molecule has 0 unspecified atom stereocenters. The second-order valence-corrected chi connectivity index (χ2v) is 7.09. The van der Waals surface area contributed by atoms with Gasteiger partial charge in [0.1, 0.15) is 0 Å². The second-order valence-electron chi connectivity index (χ2n) is 4.95. The minimum Gasteiger partial charge on any atom is -0.339 e. The van der Waals surface area contributed by atoms with Gasteiger partial charge in [0.25, 0.3) is 10.2 Å². The van der Waals surface area contributed by atoms with Crippen molar-refractivity contribution in [3.05, 3.63) is 11.7 Å². The molecule has 1 aromatic heterocycles. The van der Waals surface area contributed by atoms with E-state index in [-0.39, 0.29) is 11.8 Å². The Balaban J connectivity index is 2.01. The Hall–Kier alpha value is -0.990. The molecule has 1 fully saturated rings. The van der Waals surface area contributed by atoms with E-state index in [0.717, 1.165) is 0 Å². The van der Waals surface area contributed by atoms with E-state index in [1.54, 1.807) is 0 Å². The third-order valence-electron chi connectivity index (χ3n) is 2.96. The summed E-state index contributed by atoms with van der Waals surface area (Å²) in [4.78, 5) is 4.28. The van der Waals surface area contributed by atoms with Crippen LogP contribution in [0.5, 0.6) is 0 Å². The first-order valence-electron chi connectivity index (χ1n) is 5.83. The fourth-order valence-electron chi connectivity index (χ4n) is 1.66. The molecule has 0 bridgehead atoms. The molecule has 1 saturated heterocycles. The van der Waals surface area contributed by atoms with Gasteiger partial charge < -0.3 is 4.52 Å². The van der Waals surface area contributed by atoms with Crippen LogP contribution >= 0.6 is 0 Å². The molecule has 2 heterocycles. The van der Waals surface area contributed by atoms with Gasteiger partial charge >= 0.3 is 0 Å². The largest absolute Gasteiger partial charge is 0.339 e. The van der Waals surface area contributed by atoms with Crippen LogP contribution in [0.4, 0.5) is 0 Å². The van der Waals surface area contributed by atoms with E-state index in [0.29, 0.717) is 24.8 Å². The maximum Gasteiger partial charge on any atom is 0.281 e. The molecule has 0 spiro atoms. The fourth-order valence-corrected chi connectivity index (χ4v) is 2.86. The van der Waals surface area contributed by atoms with Crippen LogP contribution in [0.3, 0.4) is 0 Å². The summed E-state index contributed by atoms with van der Waals surface area (Å²) in [6, 6.07) is 0. The van der Waals surface area contributed by atoms with Crippen molar-refractivity contribution < 1.29 is 12.9 Å². The first kappa shape index (κ1) is 13.4. The molecule has 2 rings (SSSR count). The lowest BCUT2D eigenvalue weighted by atomic mass is 10.0. The molecule has 8 heteroatoms. The maximum absolute atomic E-state index is 11.8. The number of nitrogens with zero attached hydrogens (tertiary/aromatic N) is 4. The summed E-state index contributed by atoms with van der Waals surface area (Å²) in [5.41, 5.74) is 0. The topological polar surface area (TPSA) is 79.5 Å². The van der Waals surface area contributed by atoms with Crippen molar-refractivity contribution >= 4 is 10.2 Å². The Labute approximate surface area is 107 Å². The Morgan fingerprint density at radius 2 is 2.00 bits per heavy atom. The lowest BCUT2D eigenvalue weighted by molar-refractivity contribution is 0.207. The summed E-state index contributed by atoms with van der Waals surface area (Å²) in [7, 11) is -0.274. The summed E-state index contributed by atoms with van der Waals surface area (Å²) in [5.74, 6) is 1.42. The van der Waals surface area contributed by atoms with Crippen LogP contribution in [-0.4, -0.2) is 54.4 Å². The molecule has 0 amide bonds. The Bertz CT molecular complexity index is 517. The van der Waals surface area contributed by atoms with Gasteiger partial charge in [0.05, 0.1) is 5.92 Å². The molecule has 0 N–H and O–H groups in total. The molecule has 7 nitrogen and oxygen atoms in total. The van der Waals surface area contributed by atoms with Gasteiger partial charge in [-0.25, -0.2) is 0 Å². The Morgan fingerprint density at radius 1 is 1.39 bits per heavy atom. The standard InChI is InChI=1S/C10H18N4O3S/c1-7(2)9-11-10(17-12-9)8-5-14(6-8)18(15,16)13(3)4/h7-8H,5-6H2,1-4H3. The van der Waals surface area contributed by atoms with Crippen LogP contribution in [0, 0.1) is 0 Å². The first-order valence-corrected chi connectivity index (χ1v) is 7.23. The quantitative estimate of drug-likeness (QED) is 0.794. The Morgan fingerprint density at radius 3 is 2.44 bits per heavy atom. The summed E-state index contributed by atoms with van der Waals surface area (Å²) in [6.07, 6.45) is 0. The van der Waals surface area contributed by atoms with Crippen molar-refractivity contribution in [1.82, 2.24) is 18.8 Å². The normalized spacial score (nSPS) is 18.6. The molecule has 1 aliphatic rings. The highest BCUT2D eigenvalue weighted by atomic mass is 32.2. The molecule has 0 saturated carbocycles. The molecule has 0 radical (unpaired) electrons. The van der Waals surface area contributed by atoms with E-state index in [9.17, 15) is 8.42 Å². The van der Waals surface area contributed by atoms with Gasteiger partial charge in [-0.15, -0.1) is 0 Å². The number of hydrogen-bond donors (Lipinski definition) is 0. The Kier molecular flexibility index (Phi) is 3.43. The van der Waals surface area contributed by atoms with Crippen LogP contribution in [0.15, 0.2) is 4.52 Å². The molecule has 0 aliphatic carbocycles. The van der Waals surface area contributed by atoms with Crippen LogP contribution in [0.25, 0.3) is 0 Å². The zero-order chi connectivity index (χ0) is 13.5. The van der Waals surface area contributed by atoms with E-state index in [1.807, 2.05) is 13.8 Å². The zero-order valence-electron chi connectivity index (χ0n) is 11.0. The SMILES string of the molecule is CC(C)c1noc(C2CN(S(=O)(=O)N(C)C)C2)n1. The van der Waals surface area contributed by atoms with Crippen LogP contribution < -0.4 is 0 Å². The molecule has 1 aliphatic heterocycles. The van der Waals surface area contributed by atoms with Gasteiger partial charge in [-0.05, 0) is 0 Å². The van der Waals surface area contributed by atoms with Gasteiger partial charge in [-0.2, -0.15) is 22.0 Å². The van der Waals surface area contributed by atoms with E-state index in [2.05, 4.69) is 10.1 Å². The molecule has 0 atom stereocenters. The molecular weight excluding hydrogens is 256 g/mol. The average Bonchev–Trinajstić information content (AvgIpc) is 2.63. The minimum atomic E-state index is -3.31. The molecule has 1 aromatic rings. The monoisotopic (exact) mass is 274 g/mol. The maximum atomic E-state index is 11.8. The number of rotatable bonds is 4. The van der Waals surface area contributed by atoms with Crippen molar-refractivity contribution in [2.45, 2.75) is 25.7 Å². The van der Waals surface area contributed by atoms with E-state index in [1.165, 1.54) is 22.7 Å². The van der Waals surface area contributed by atoms with Crippen molar-refractivity contribution in [3.8, 4) is 0 Å². The highest BCUT2D eigenvalue weighted by Gasteiger charge is 2.40. The van der Waals surface area contributed by atoms with Gasteiger partial charge in [0, 0.05) is 33.1 Å². The van der Waals surface area contributed by atoms with E-state index in [4.69, 9.17) is 4.52 Å². The van der Waals surface area contributed by atoms with Gasteiger partial charge in [-0.1, -0.05) is 19.0 Å². The summed E-state index contributed by atoms with van der Waals surface area (Å²) in [6.45, 7) is 4.77. The van der Waals surface area contributed by atoms with Gasteiger partial charge in [-0.3, -0.25) is 0 Å². The molecule has 18 heavy (non-hydrogen) atoms. The third kappa shape index (κ3) is 2.27. The van der Waals surface area contributed by atoms with Crippen molar-refractivity contribution in [1.29, 1.82) is 0 Å². The first-order chi connectivity index (χ1) is 8.32. The second kappa shape index (κ2) is 4.60. The van der Waals surface area contributed by atoms with Crippen molar-refractivity contribution in [2.24, 2.45) is 0 Å². The lowest BCUT2D eigenvalue weighted by Crippen LogP contribution is -2.52. The van der Waals surface area contributed by atoms with Crippen molar-refractivity contribution in [3.63, 3.8) is 0 Å². The summed E-state index contributed by atoms with van der Waals surface area (Å²) >= 11 is 0. The molecule has 102 valence electrons. The highest BCUT2D eigenvalue weighted by Crippen LogP contribution is 2.29. The van der Waals surface area contributed by atoms with Crippen molar-refractivity contribution in [2.75, 3.05) is 27.2 Å². The van der Waals surface area contributed by atoms with Crippen LogP contribution in [0.1, 0.15) is 37.4 Å². The van der Waals surface area contributed by atoms with Gasteiger partial charge in [0.2, 0.25) is 5.89 Å². The van der Waals surface area contributed by atoms with E-state index < -0.39 is 10.2 Å². The number of aromatic nitrogens is 2. The fraction of sp³-hybridized carbons (Fsp3) is 0.800. The predicted octanol–water partition coefficient (Wildman–Crippen LogP) is 0.399. The summed E-state index contributed by atoms with van der Waals surface area (Å²) < 4.78 is 31.3. The minimum absolute atomic E-state index is 0.0136. The molecule has 0 aromatic carbocycles. The predicted molar refractivity (Wildman–Crippen MR) is 65.3 cm³/mol. The number of hydrogen-bond acceptors (Lipinski definition) is 5. The zero-order valence-corrected chi connectivity index (χ0v) is 11.8. The summed E-state index contributed by atoms with van der Waals surface area (Å²) in [5, 5.41) is 3.88. The van der Waals surface area contributed by atoms with Crippen LogP contribution in [0.2, 0.25) is 0 Å². The smallest absolute Gasteiger partial charge is 0.281 e. The third-order valence-corrected chi connectivity index (χ3v) is 4.83. The average molecular weight is 274 g/mol. The van der Waals surface area contributed by atoms with Crippen LogP contribution in [-0.2, 0) is 10.2 Å². The highest BCUT2D eigenvalue weighted by molar-refractivity contribution is 7.86. The lowest BCUT2D eigenvalue weighted by Gasteiger charge is -2.37. The molecular formula is C10H18N4O3S. The van der Waals surface area contributed by atoms with Gasteiger partial charge in [0.15, 0.2) is 5.82 Å². The van der Waals surface area contributed by atoms with E-state index >= 15 is 0 Å².